The van der Waals surface area contributed by atoms with Crippen molar-refractivity contribution in [3.05, 3.63) is 30.1 Å². The minimum Gasteiger partial charge on any atom is -0.352 e. The number of hydrogen-bond donors (Lipinski definition) is 1. The van der Waals surface area contributed by atoms with Gasteiger partial charge >= 0.3 is 0 Å². The summed E-state index contributed by atoms with van der Waals surface area (Å²) < 4.78 is 28.0. The second-order valence-corrected chi connectivity index (χ2v) is 4.90. The fourth-order valence-electron chi connectivity index (χ4n) is 1.92. The first-order valence-corrected chi connectivity index (χ1v) is 6.56. The molecule has 20 heavy (non-hydrogen) atoms. The van der Waals surface area contributed by atoms with E-state index in [2.05, 4.69) is 10.3 Å². The number of amides is 1. The fraction of sp³-hybridized carbons (Fsp3) is 0.429. The first-order chi connectivity index (χ1) is 9.43. The van der Waals surface area contributed by atoms with Crippen LogP contribution in [0.5, 0.6) is 0 Å². The number of hydrogen-bond acceptors (Lipinski definition) is 2. The van der Waals surface area contributed by atoms with E-state index in [0.29, 0.717) is 11.0 Å². The van der Waals surface area contributed by atoms with Crippen molar-refractivity contribution in [3.63, 3.8) is 0 Å². The van der Waals surface area contributed by atoms with E-state index >= 15 is 0 Å². The van der Waals surface area contributed by atoms with Gasteiger partial charge in [-0.15, -0.1) is 0 Å². The molecule has 0 aliphatic heterocycles. The minimum absolute atomic E-state index is 0.0638. The van der Waals surface area contributed by atoms with E-state index in [9.17, 15) is 13.6 Å². The molecule has 2 atom stereocenters. The smallest absolute Gasteiger partial charge is 0.243 e. The molecular formula is C14H17F2N3O. The Balaban J connectivity index is 2.33. The summed E-state index contributed by atoms with van der Waals surface area (Å²) in [5.41, 5.74) is 0.725. The molecule has 1 N–H and O–H groups in total. The van der Waals surface area contributed by atoms with Gasteiger partial charge in [0.25, 0.3) is 0 Å². The zero-order chi connectivity index (χ0) is 14.9. The van der Waals surface area contributed by atoms with Gasteiger partial charge in [0, 0.05) is 18.2 Å². The van der Waals surface area contributed by atoms with Crippen LogP contribution in [0.1, 0.15) is 33.2 Å². The molecule has 4 nitrogen and oxygen atoms in total. The van der Waals surface area contributed by atoms with Crippen molar-refractivity contribution < 1.29 is 13.6 Å². The summed E-state index contributed by atoms with van der Waals surface area (Å²) in [5.74, 6) is -2.07. The van der Waals surface area contributed by atoms with Crippen LogP contribution in [-0.4, -0.2) is 21.5 Å². The number of carbonyl (C=O) groups is 1. The highest BCUT2D eigenvalue weighted by atomic mass is 19.2. The van der Waals surface area contributed by atoms with E-state index in [1.165, 1.54) is 10.9 Å². The van der Waals surface area contributed by atoms with Crippen molar-refractivity contribution in [2.24, 2.45) is 0 Å². The third kappa shape index (κ3) is 2.64. The molecule has 0 spiro atoms. The van der Waals surface area contributed by atoms with Crippen molar-refractivity contribution in [2.45, 2.75) is 39.3 Å². The number of aromatic nitrogens is 2. The number of nitrogens with zero attached hydrogens (tertiary/aromatic N) is 2. The van der Waals surface area contributed by atoms with Gasteiger partial charge in [0.1, 0.15) is 6.04 Å². The van der Waals surface area contributed by atoms with Gasteiger partial charge in [0.2, 0.25) is 5.91 Å². The van der Waals surface area contributed by atoms with Crippen LogP contribution in [0.25, 0.3) is 11.0 Å². The average Bonchev–Trinajstić information content (AvgIpc) is 2.81. The quantitative estimate of drug-likeness (QED) is 0.936. The van der Waals surface area contributed by atoms with Gasteiger partial charge in [-0.25, -0.2) is 13.8 Å². The lowest BCUT2D eigenvalue weighted by Gasteiger charge is -2.18. The normalized spacial score (nSPS) is 14.2. The molecule has 2 rings (SSSR count). The Kier molecular flexibility index (Phi) is 4.01. The SMILES string of the molecule is CCC(C)NC(=O)C(C)n1cnc2cc(F)c(F)cc21. The van der Waals surface area contributed by atoms with Crippen molar-refractivity contribution in [1.82, 2.24) is 14.9 Å². The third-order valence-corrected chi connectivity index (χ3v) is 3.41. The lowest BCUT2D eigenvalue weighted by atomic mass is 10.2. The molecule has 2 unspecified atom stereocenters. The maximum Gasteiger partial charge on any atom is 0.243 e. The lowest BCUT2D eigenvalue weighted by molar-refractivity contribution is -0.124. The molecule has 0 fully saturated rings. The van der Waals surface area contributed by atoms with E-state index in [1.807, 2.05) is 13.8 Å². The van der Waals surface area contributed by atoms with Gasteiger partial charge in [0.05, 0.1) is 17.4 Å². The molecule has 1 amide bonds. The number of rotatable bonds is 4. The number of benzene rings is 1. The first kappa shape index (κ1) is 14.4. The number of nitrogens with one attached hydrogen (secondary N) is 1. The molecule has 2 aromatic rings. The summed E-state index contributed by atoms with van der Waals surface area (Å²) in [6, 6.07) is 1.61. The van der Waals surface area contributed by atoms with E-state index in [-0.39, 0.29) is 11.9 Å². The van der Waals surface area contributed by atoms with Crippen LogP contribution in [0.4, 0.5) is 8.78 Å². The molecule has 6 heteroatoms. The summed E-state index contributed by atoms with van der Waals surface area (Å²) in [6.45, 7) is 5.58. The summed E-state index contributed by atoms with van der Waals surface area (Å²) in [4.78, 5) is 16.1. The van der Waals surface area contributed by atoms with E-state index < -0.39 is 17.7 Å². The third-order valence-electron chi connectivity index (χ3n) is 3.41. The molecule has 0 saturated carbocycles. The van der Waals surface area contributed by atoms with E-state index in [1.54, 1.807) is 6.92 Å². The van der Waals surface area contributed by atoms with Crippen LogP contribution in [0, 0.1) is 11.6 Å². The van der Waals surface area contributed by atoms with Crippen molar-refractivity contribution in [2.75, 3.05) is 0 Å². The number of halogens is 2. The largest absolute Gasteiger partial charge is 0.352 e. The van der Waals surface area contributed by atoms with Crippen LogP contribution < -0.4 is 5.32 Å². The Labute approximate surface area is 115 Å². The topological polar surface area (TPSA) is 46.9 Å². The highest BCUT2D eigenvalue weighted by molar-refractivity contribution is 5.83. The van der Waals surface area contributed by atoms with Gasteiger partial charge < -0.3 is 9.88 Å². The molecule has 108 valence electrons. The van der Waals surface area contributed by atoms with Gasteiger partial charge in [-0.1, -0.05) is 6.92 Å². The van der Waals surface area contributed by atoms with E-state index in [0.717, 1.165) is 18.6 Å². The summed E-state index contributed by atoms with van der Waals surface area (Å²) in [5, 5.41) is 2.85. The van der Waals surface area contributed by atoms with Crippen LogP contribution in [0.2, 0.25) is 0 Å². The van der Waals surface area contributed by atoms with Gasteiger partial charge in [-0.05, 0) is 20.3 Å². The van der Waals surface area contributed by atoms with Crippen LogP contribution in [0.3, 0.4) is 0 Å². The molecule has 1 aromatic heterocycles. The maximum atomic E-state index is 13.3. The summed E-state index contributed by atoms with van der Waals surface area (Å²) in [7, 11) is 0. The Morgan fingerprint density at radius 2 is 2.00 bits per heavy atom. The van der Waals surface area contributed by atoms with Gasteiger partial charge in [-0.2, -0.15) is 0 Å². The standard InChI is InChI=1S/C14H17F2N3O/c1-4-8(2)18-14(20)9(3)19-7-17-12-5-10(15)11(16)6-13(12)19/h5-9H,4H2,1-3H3,(H,18,20). The number of fused-ring (bicyclic) bond motifs is 1. The second-order valence-electron chi connectivity index (χ2n) is 4.90. The highest BCUT2D eigenvalue weighted by Gasteiger charge is 2.19. The predicted octanol–water partition coefficient (Wildman–Crippen LogP) is 2.79. The first-order valence-electron chi connectivity index (χ1n) is 6.56. The summed E-state index contributed by atoms with van der Waals surface area (Å²) in [6.07, 6.45) is 2.24. The second kappa shape index (κ2) is 5.56. The molecule has 0 radical (unpaired) electrons. The van der Waals surface area contributed by atoms with Crippen molar-refractivity contribution in [1.29, 1.82) is 0 Å². The van der Waals surface area contributed by atoms with E-state index in [4.69, 9.17) is 0 Å². The van der Waals surface area contributed by atoms with Crippen LogP contribution in [-0.2, 0) is 4.79 Å². The zero-order valence-electron chi connectivity index (χ0n) is 11.7. The Morgan fingerprint density at radius 3 is 2.65 bits per heavy atom. The van der Waals surface area contributed by atoms with Crippen molar-refractivity contribution in [3.8, 4) is 0 Å². The number of imidazole rings is 1. The minimum atomic E-state index is -0.950. The molecule has 1 aromatic carbocycles. The fourth-order valence-corrected chi connectivity index (χ4v) is 1.92. The highest BCUT2D eigenvalue weighted by Crippen LogP contribution is 2.21. The maximum absolute atomic E-state index is 13.3. The molecule has 0 aliphatic carbocycles. The molecule has 0 bridgehead atoms. The molecular weight excluding hydrogens is 264 g/mol. The molecule has 0 saturated heterocycles. The lowest BCUT2D eigenvalue weighted by Crippen LogP contribution is -2.36. The van der Waals surface area contributed by atoms with Gasteiger partial charge in [-0.3, -0.25) is 4.79 Å². The molecule has 0 aliphatic rings. The monoisotopic (exact) mass is 281 g/mol. The van der Waals surface area contributed by atoms with Gasteiger partial charge in [0.15, 0.2) is 11.6 Å². The summed E-state index contributed by atoms with van der Waals surface area (Å²) >= 11 is 0. The van der Waals surface area contributed by atoms with Crippen molar-refractivity contribution >= 4 is 16.9 Å². The molecule has 1 heterocycles. The Hall–Kier alpha value is -1.98. The Morgan fingerprint density at radius 1 is 1.35 bits per heavy atom. The Bertz CT molecular complexity index is 639. The predicted molar refractivity (Wildman–Crippen MR) is 72.3 cm³/mol. The zero-order valence-corrected chi connectivity index (χ0v) is 11.7. The van der Waals surface area contributed by atoms with Crippen LogP contribution in [0.15, 0.2) is 18.5 Å². The number of carbonyl (C=O) groups excluding carboxylic acids is 1. The van der Waals surface area contributed by atoms with Crippen LogP contribution >= 0.6 is 0 Å². The average molecular weight is 281 g/mol.